The molecule has 16 heavy (non-hydrogen) atoms. The van der Waals surface area contributed by atoms with E-state index in [2.05, 4.69) is 25.2 Å². The van der Waals surface area contributed by atoms with Crippen LogP contribution in [-0.2, 0) is 6.42 Å². The van der Waals surface area contributed by atoms with Gasteiger partial charge in [-0.1, -0.05) is 17.7 Å². The van der Waals surface area contributed by atoms with Crippen molar-refractivity contribution < 1.29 is 0 Å². The molecule has 1 nitrogen and oxygen atoms in total. The summed E-state index contributed by atoms with van der Waals surface area (Å²) in [6.07, 6.45) is 3.83. The quantitative estimate of drug-likeness (QED) is 0.830. The molecular formula is C14H20ClN. The fraction of sp³-hybridized carbons (Fsp3) is 0.571. The first kappa shape index (κ1) is 11.9. The van der Waals surface area contributed by atoms with Crippen LogP contribution in [0.1, 0.15) is 29.5 Å². The van der Waals surface area contributed by atoms with Gasteiger partial charge in [0.1, 0.15) is 0 Å². The Morgan fingerprint density at radius 1 is 1.38 bits per heavy atom. The first-order chi connectivity index (χ1) is 7.68. The summed E-state index contributed by atoms with van der Waals surface area (Å²) in [6, 6.07) is 4.15. The highest BCUT2D eigenvalue weighted by atomic mass is 35.5. The zero-order valence-corrected chi connectivity index (χ0v) is 10.9. The molecule has 0 spiro atoms. The maximum Gasteiger partial charge on any atom is 0.0438 e. The molecule has 1 heterocycles. The molecule has 0 aliphatic carbocycles. The van der Waals surface area contributed by atoms with Crippen molar-refractivity contribution in [3.8, 4) is 0 Å². The Bertz CT molecular complexity index is 367. The van der Waals surface area contributed by atoms with Crippen molar-refractivity contribution in [2.24, 2.45) is 5.92 Å². The van der Waals surface area contributed by atoms with Crippen LogP contribution in [-0.4, -0.2) is 13.1 Å². The van der Waals surface area contributed by atoms with Crippen LogP contribution in [0.5, 0.6) is 0 Å². The minimum Gasteiger partial charge on any atom is -0.316 e. The van der Waals surface area contributed by atoms with E-state index in [4.69, 9.17) is 11.6 Å². The first-order valence-corrected chi connectivity index (χ1v) is 6.51. The summed E-state index contributed by atoms with van der Waals surface area (Å²) in [5.41, 5.74) is 4.11. The van der Waals surface area contributed by atoms with Crippen LogP contribution in [0.25, 0.3) is 0 Å². The number of rotatable bonds is 2. The molecule has 0 bridgehead atoms. The minimum absolute atomic E-state index is 0.782. The number of hydrogen-bond donors (Lipinski definition) is 1. The van der Waals surface area contributed by atoms with Crippen molar-refractivity contribution in [1.29, 1.82) is 0 Å². The molecule has 2 heteroatoms. The van der Waals surface area contributed by atoms with Crippen LogP contribution < -0.4 is 5.32 Å². The summed E-state index contributed by atoms with van der Waals surface area (Å²) in [6.45, 7) is 6.67. The fourth-order valence-electron chi connectivity index (χ4n) is 2.56. The highest BCUT2D eigenvalue weighted by Gasteiger charge is 2.16. The topological polar surface area (TPSA) is 12.0 Å². The number of aryl methyl sites for hydroxylation is 1. The van der Waals surface area contributed by atoms with Gasteiger partial charge in [0.05, 0.1) is 0 Å². The Hall–Kier alpha value is -0.530. The molecule has 1 aliphatic rings. The largest absolute Gasteiger partial charge is 0.316 e. The van der Waals surface area contributed by atoms with Crippen LogP contribution in [0, 0.1) is 19.8 Å². The van der Waals surface area contributed by atoms with Gasteiger partial charge in [0, 0.05) is 5.02 Å². The highest BCUT2D eigenvalue weighted by Crippen LogP contribution is 2.26. The minimum atomic E-state index is 0.782. The Morgan fingerprint density at radius 3 is 2.88 bits per heavy atom. The Kier molecular flexibility index (Phi) is 3.88. The number of nitrogens with one attached hydrogen (secondary N) is 1. The molecule has 0 amide bonds. The monoisotopic (exact) mass is 237 g/mol. The van der Waals surface area contributed by atoms with E-state index in [-0.39, 0.29) is 0 Å². The Morgan fingerprint density at radius 2 is 2.19 bits per heavy atom. The molecule has 0 radical (unpaired) electrons. The Labute approximate surface area is 103 Å². The number of halogens is 1. The lowest BCUT2D eigenvalue weighted by Gasteiger charge is -2.24. The maximum atomic E-state index is 6.19. The van der Waals surface area contributed by atoms with Crippen molar-refractivity contribution in [3.05, 3.63) is 33.8 Å². The second-order valence-electron chi connectivity index (χ2n) is 4.88. The second kappa shape index (κ2) is 5.20. The average Bonchev–Trinajstić information content (AvgIpc) is 2.31. The van der Waals surface area contributed by atoms with Gasteiger partial charge in [-0.05, 0) is 74.9 Å². The Balaban J connectivity index is 2.16. The van der Waals surface area contributed by atoms with E-state index < -0.39 is 0 Å². The third-order valence-corrected chi connectivity index (χ3v) is 4.07. The average molecular weight is 238 g/mol. The fourth-order valence-corrected chi connectivity index (χ4v) is 2.74. The van der Waals surface area contributed by atoms with Gasteiger partial charge in [0.15, 0.2) is 0 Å². The third kappa shape index (κ3) is 2.58. The summed E-state index contributed by atoms with van der Waals surface area (Å²) >= 11 is 6.19. The molecule has 88 valence electrons. The molecule has 1 aliphatic heterocycles. The van der Waals surface area contributed by atoms with Gasteiger partial charge in [-0.2, -0.15) is 0 Å². The molecule has 1 saturated heterocycles. The predicted octanol–water partition coefficient (Wildman–Crippen LogP) is 3.50. The highest BCUT2D eigenvalue weighted by molar-refractivity contribution is 6.31. The standard InChI is InChI=1S/C14H20ClN/c1-10-5-6-14(15)11(2)13(10)8-12-4-3-7-16-9-12/h5-6,12,16H,3-4,7-9H2,1-2H3. The number of piperidine rings is 1. The summed E-state index contributed by atoms with van der Waals surface area (Å²) in [4.78, 5) is 0. The summed E-state index contributed by atoms with van der Waals surface area (Å²) in [5.74, 6) is 0.782. The predicted molar refractivity (Wildman–Crippen MR) is 70.2 cm³/mol. The molecule has 1 N–H and O–H groups in total. The SMILES string of the molecule is Cc1ccc(Cl)c(C)c1CC1CCCNC1. The van der Waals surface area contributed by atoms with Crippen molar-refractivity contribution in [2.45, 2.75) is 33.1 Å². The van der Waals surface area contributed by atoms with Crippen LogP contribution in [0.15, 0.2) is 12.1 Å². The van der Waals surface area contributed by atoms with E-state index in [0.29, 0.717) is 0 Å². The van der Waals surface area contributed by atoms with Crippen molar-refractivity contribution in [2.75, 3.05) is 13.1 Å². The molecule has 1 fully saturated rings. The molecule has 1 unspecified atom stereocenters. The van der Waals surface area contributed by atoms with E-state index in [9.17, 15) is 0 Å². The maximum absolute atomic E-state index is 6.19. The van der Waals surface area contributed by atoms with Gasteiger partial charge >= 0.3 is 0 Å². The van der Waals surface area contributed by atoms with E-state index >= 15 is 0 Å². The molecule has 0 saturated carbocycles. The van der Waals surface area contributed by atoms with Crippen LogP contribution in [0.3, 0.4) is 0 Å². The van der Waals surface area contributed by atoms with Crippen LogP contribution >= 0.6 is 11.6 Å². The third-order valence-electron chi connectivity index (χ3n) is 3.66. The van der Waals surface area contributed by atoms with E-state index in [1.807, 2.05) is 6.07 Å². The zero-order valence-electron chi connectivity index (χ0n) is 10.1. The summed E-state index contributed by atoms with van der Waals surface area (Å²) < 4.78 is 0. The van der Waals surface area contributed by atoms with E-state index in [1.165, 1.54) is 42.5 Å². The van der Waals surface area contributed by atoms with Gasteiger partial charge in [0.25, 0.3) is 0 Å². The molecule has 1 atom stereocenters. The van der Waals surface area contributed by atoms with E-state index in [1.54, 1.807) is 0 Å². The summed E-state index contributed by atoms with van der Waals surface area (Å²) in [5, 5.41) is 4.38. The lowest BCUT2D eigenvalue weighted by atomic mass is 9.88. The van der Waals surface area contributed by atoms with Gasteiger partial charge < -0.3 is 5.32 Å². The molecule has 1 aromatic rings. The normalized spacial score (nSPS) is 21.1. The van der Waals surface area contributed by atoms with Crippen molar-refractivity contribution >= 4 is 11.6 Å². The summed E-state index contributed by atoms with van der Waals surface area (Å²) in [7, 11) is 0. The molecule has 1 aromatic carbocycles. The lowest BCUT2D eigenvalue weighted by Crippen LogP contribution is -2.31. The second-order valence-corrected chi connectivity index (χ2v) is 5.29. The lowest BCUT2D eigenvalue weighted by molar-refractivity contribution is 0.375. The van der Waals surface area contributed by atoms with Gasteiger partial charge in [-0.15, -0.1) is 0 Å². The molecule has 0 aromatic heterocycles. The van der Waals surface area contributed by atoms with Gasteiger partial charge in [0.2, 0.25) is 0 Å². The van der Waals surface area contributed by atoms with Crippen molar-refractivity contribution in [1.82, 2.24) is 5.32 Å². The van der Waals surface area contributed by atoms with Crippen LogP contribution in [0.4, 0.5) is 0 Å². The number of hydrogen-bond acceptors (Lipinski definition) is 1. The van der Waals surface area contributed by atoms with Gasteiger partial charge in [-0.3, -0.25) is 0 Å². The van der Waals surface area contributed by atoms with Gasteiger partial charge in [-0.25, -0.2) is 0 Å². The molecule has 2 rings (SSSR count). The smallest absolute Gasteiger partial charge is 0.0438 e. The van der Waals surface area contributed by atoms with Crippen LogP contribution in [0.2, 0.25) is 5.02 Å². The first-order valence-electron chi connectivity index (χ1n) is 6.14. The number of benzene rings is 1. The van der Waals surface area contributed by atoms with E-state index in [0.717, 1.165) is 17.5 Å². The van der Waals surface area contributed by atoms with Crippen molar-refractivity contribution in [3.63, 3.8) is 0 Å². The zero-order chi connectivity index (χ0) is 11.5. The molecular weight excluding hydrogens is 218 g/mol.